The number of esters is 1. The second-order valence-electron chi connectivity index (χ2n) is 10.6. The van der Waals surface area contributed by atoms with Crippen LogP contribution in [0.15, 0.2) is 24.3 Å². The number of unbranched alkanes of at least 4 members (excludes halogenated alkanes) is 16. The van der Waals surface area contributed by atoms with Gasteiger partial charge in [-0.1, -0.05) is 136 Å². The SMILES string of the molecule is CCCCCCCCCCCN(CCCCCCCCCCC)C(=O)c1ccccc1C(=O)OCCC. The number of rotatable bonds is 24. The Hall–Kier alpha value is -1.84. The van der Waals surface area contributed by atoms with E-state index < -0.39 is 5.97 Å². The van der Waals surface area contributed by atoms with E-state index in [4.69, 9.17) is 4.74 Å². The summed E-state index contributed by atoms with van der Waals surface area (Å²) in [5.41, 5.74) is 0.876. The van der Waals surface area contributed by atoms with E-state index in [-0.39, 0.29) is 5.91 Å². The van der Waals surface area contributed by atoms with Crippen molar-refractivity contribution in [3.8, 4) is 0 Å². The summed E-state index contributed by atoms with van der Waals surface area (Å²) in [6, 6.07) is 7.16. The van der Waals surface area contributed by atoms with E-state index in [2.05, 4.69) is 13.8 Å². The highest BCUT2D eigenvalue weighted by Crippen LogP contribution is 2.17. The maximum atomic E-state index is 13.6. The van der Waals surface area contributed by atoms with Crippen molar-refractivity contribution in [3.05, 3.63) is 35.4 Å². The zero-order chi connectivity index (χ0) is 27.0. The van der Waals surface area contributed by atoms with Crippen LogP contribution in [0.25, 0.3) is 0 Å². The number of amides is 1. The number of nitrogens with zero attached hydrogens (tertiary/aromatic N) is 1. The Balaban J connectivity index is 2.60. The average Bonchev–Trinajstić information content (AvgIpc) is 2.92. The van der Waals surface area contributed by atoms with Gasteiger partial charge in [0.15, 0.2) is 0 Å². The highest BCUT2D eigenvalue weighted by atomic mass is 16.5. The number of carbonyl (C=O) groups is 2. The van der Waals surface area contributed by atoms with Gasteiger partial charge in [-0.3, -0.25) is 4.79 Å². The summed E-state index contributed by atoms with van der Waals surface area (Å²) in [6.07, 6.45) is 23.6. The fraction of sp³-hybridized carbons (Fsp3) is 0.758. The molecule has 0 N–H and O–H groups in total. The van der Waals surface area contributed by atoms with Crippen molar-refractivity contribution < 1.29 is 14.3 Å². The minimum Gasteiger partial charge on any atom is -0.462 e. The first kappa shape index (κ1) is 33.2. The van der Waals surface area contributed by atoms with E-state index in [1.807, 2.05) is 24.0 Å². The van der Waals surface area contributed by atoms with Crippen molar-refractivity contribution in [2.75, 3.05) is 19.7 Å². The fourth-order valence-corrected chi connectivity index (χ4v) is 4.83. The van der Waals surface area contributed by atoms with Crippen LogP contribution in [0.5, 0.6) is 0 Å². The third-order valence-corrected chi connectivity index (χ3v) is 7.17. The Kier molecular flexibility index (Phi) is 20.9. The molecule has 0 spiro atoms. The van der Waals surface area contributed by atoms with Gasteiger partial charge in [0.2, 0.25) is 0 Å². The Morgan fingerprint density at radius 1 is 0.568 bits per heavy atom. The Labute approximate surface area is 228 Å². The van der Waals surface area contributed by atoms with Gasteiger partial charge in [-0.15, -0.1) is 0 Å². The standard InChI is InChI=1S/C33H57NO3/c1-4-7-9-11-13-15-17-19-23-27-34(28-24-20-18-16-14-12-10-8-5-2)32(35)30-25-21-22-26-31(30)33(36)37-29-6-3/h21-22,25-26H,4-20,23-24,27-29H2,1-3H3. The largest absolute Gasteiger partial charge is 0.462 e. The molecule has 1 aromatic rings. The minimum atomic E-state index is -0.392. The van der Waals surface area contributed by atoms with Crippen LogP contribution in [0.2, 0.25) is 0 Å². The maximum absolute atomic E-state index is 13.6. The first-order valence-electron chi connectivity index (χ1n) is 15.7. The van der Waals surface area contributed by atoms with Gasteiger partial charge in [0.25, 0.3) is 5.91 Å². The normalized spacial score (nSPS) is 11.0. The van der Waals surface area contributed by atoms with E-state index >= 15 is 0 Å². The zero-order valence-electron chi connectivity index (χ0n) is 24.5. The molecule has 0 aromatic heterocycles. The third kappa shape index (κ3) is 15.9. The first-order valence-corrected chi connectivity index (χ1v) is 15.7. The van der Waals surface area contributed by atoms with Gasteiger partial charge in [-0.05, 0) is 31.4 Å². The summed E-state index contributed by atoms with van der Waals surface area (Å²) in [5, 5.41) is 0. The molecule has 0 fully saturated rings. The van der Waals surface area contributed by atoms with Crippen LogP contribution in [-0.4, -0.2) is 36.5 Å². The van der Waals surface area contributed by atoms with Crippen molar-refractivity contribution in [1.82, 2.24) is 4.90 Å². The van der Waals surface area contributed by atoms with Gasteiger partial charge in [0, 0.05) is 13.1 Å². The molecule has 0 aliphatic heterocycles. The van der Waals surface area contributed by atoms with Gasteiger partial charge in [0.1, 0.15) is 0 Å². The molecule has 1 amide bonds. The van der Waals surface area contributed by atoms with Crippen LogP contribution < -0.4 is 0 Å². The highest BCUT2D eigenvalue weighted by molar-refractivity contribution is 6.05. The van der Waals surface area contributed by atoms with E-state index in [0.717, 1.165) is 45.2 Å². The van der Waals surface area contributed by atoms with Crippen LogP contribution in [0.4, 0.5) is 0 Å². The molecule has 0 aliphatic rings. The first-order chi connectivity index (χ1) is 18.2. The van der Waals surface area contributed by atoms with Gasteiger partial charge in [-0.25, -0.2) is 4.79 Å². The summed E-state index contributed by atoms with van der Waals surface area (Å²) in [4.78, 5) is 28.2. The van der Waals surface area contributed by atoms with Crippen LogP contribution in [-0.2, 0) is 4.74 Å². The van der Waals surface area contributed by atoms with Crippen LogP contribution in [0.1, 0.15) is 163 Å². The van der Waals surface area contributed by atoms with Gasteiger partial charge < -0.3 is 9.64 Å². The van der Waals surface area contributed by atoms with Crippen LogP contribution in [0, 0.1) is 0 Å². The van der Waals surface area contributed by atoms with E-state index in [0.29, 0.717) is 17.7 Å². The Morgan fingerprint density at radius 3 is 1.41 bits per heavy atom. The van der Waals surface area contributed by atoms with Crippen molar-refractivity contribution in [3.63, 3.8) is 0 Å². The van der Waals surface area contributed by atoms with Gasteiger partial charge in [-0.2, -0.15) is 0 Å². The summed E-state index contributed by atoms with van der Waals surface area (Å²) in [5.74, 6) is -0.417. The average molecular weight is 516 g/mol. The molecule has 1 aromatic carbocycles. The predicted molar refractivity (Wildman–Crippen MR) is 157 cm³/mol. The zero-order valence-corrected chi connectivity index (χ0v) is 24.5. The van der Waals surface area contributed by atoms with Crippen molar-refractivity contribution in [2.24, 2.45) is 0 Å². The summed E-state index contributed by atoms with van der Waals surface area (Å²) in [7, 11) is 0. The molecule has 4 heteroatoms. The molecule has 0 unspecified atom stereocenters. The molecule has 0 bridgehead atoms. The lowest BCUT2D eigenvalue weighted by Crippen LogP contribution is -2.34. The van der Waals surface area contributed by atoms with Gasteiger partial charge >= 0.3 is 5.97 Å². The lowest BCUT2D eigenvalue weighted by Gasteiger charge is -2.24. The molecule has 0 heterocycles. The summed E-state index contributed by atoms with van der Waals surface area (Å²) in [6.45, 7) is 8.40. The molecule has 0 aliphatic carbocycles. The topological polar surface area (TPSA) is 46.6 Å². The third-order valence-electron chi connectivity index (χ3n) is 7.17. The van der Waals surface area contributed by atoms with Crippen molar-refractivity contribution in [2.45, 2.75) is 143 Å². The molecule has 1 rings (SSSR count). The smallest absolute Gasteiger partial charge is 0.338 e. The monoisotopic (exact) mass is 515 g/mol. The molecule has 0 atom stereocenters. The second kappa shape index (κ2) is 23.3. The molecule has 0 radical (unpaired) electrons. The lowest BCUT2D eigenvalue weighted by atomic mass is 10.0. The Bertz CT molecular complexity index is 681. The number of hydrogen-bond donors (Lipinski definition) is 0. The lowest BCUT2D eigenvalue weighted by molar-refractivity contribution is 0.0497. The molecule has 0 saturated heterocycles. The predicted octanol–water partition coefficient (Wildman–Crippen LogP) is 9.76. The molecular weight excluding hydrogens is 458 g/mol. The number of ether oxygens (including phenoxy) is 1. The van der Waals surface area contributed by atoms with Crippen molar-refractivity contribution in [1.29, 1.82) is 0 Å². The number of hydrogen-bond acceptors (Lipinski definition) is 3. The second-order valence-corrected chi connectivity index (χ2v) is 10.6. The maximum Gasteiger partial charge on any atom is 0.338 e. The van der Waals surface area contributed by atoms with Crippen LogP contribution in [0.3, 0.4) is 0 Å². The van der Waals surface area contributed by atoms with Gasteiger partial charge in [0.05, 0.1) is 17.7 Å². The summed E-state index contributed by atoms with van der Waals surface area (Å²) < 4.78 is 5.36. The quantitative estimate of drug-likeness (QED) is 0.102. The number of carbonyl (C=O) groups excluding carboxylic acids is 2. The van der Waals surface area contributed by atoms with E-state index in [1.54, 1.807) is 12.1 Å². The van der Waals surface area contributed by atoms with Crippen molar-refractivity contribution >= 4 is 11.9 Å². The molecule has 37 heavy (non-hydrogen) atoms. The summed E-state index contributed by atoms with van der Waals surface area (Å²) >= 11 is 0. The highest BCUT2D eigenvalue weighted by Gasteiger charge is 2.22. The molecule has 4 nitrogen and oxygen atoms in total. The van der Waals surface area contributed by atoms with E-state index in [1.165, 1.54) is 89.9 Å². The van der Waals surface area contributed by atoms with E-state index in [9.17, 15) is 9.59 Å². The van der Waals surface area contributed by atoms with Crippen LogP contribution >= 0.6 is 0 Å². The molecular formula is C33H57NO3. The fourth-order valence-electron chi connectivity index (χ4n) is 4.83. The minimum absolute atomic E-state index is 0.0248. The molecule has 212 valence electrons. The number of benzene rings is 1. The Morgan fingerprint density at radius 2 is 0.973 bits per heavy atom. The molecule has 0 saturated carbocycles.